The van der Waals surface area contributed by atoms with E-state index in [-0.39, 0.29) is 0 Å². The second-order valence-electron chi connectivity index (χ2n) is 3.42. The van der Waals surface area contributed by atoms with Crippen molar-refractivity contribution in [3.8, 4) is 0 Å². The minimum Gasteiger partial charge on any atom is -0.312 e. The molecule has 0 fully saturated rings. The number of aromatic nitrogens is 1. The standard InChI is InChI=1S/C12H14N2S/c1-13-11(12-5-3-7-15-12)8-10-4-2-6-14-9-10/h2-7,9,11,13H,8H2,1H3. The molecule has 0 saturated carbocycles. The van der Waals surface area contributed by atoms with Gasteiger partial charge in [-0.25, -0.2) is 0 Å². The van der Waals surface area contributed by atoms with Crippen molar-refractivity contribution in [1.82, 2.24) is 10.3 Å². The van der Waals surface area contributed by atoms with E-state index in [0.717, 1.165) is 6.42 Å². The Morgan fingerprint density at radius 1 is 1.40 bits per heavy atom. The Hall–Kier alpha value is -1.19. The zero-order valence-corrected chi connectivity index (χ0v) is 9.50. The van der Waals surface area contributed by atoms with Crippen molar-refractivity contribution in [1.29, 1.82) is 0 Å². The van der Waals surface area contributed by atoms with Gasteiger partial charge < -0.3 is 5.32 Å². The van der Waals surface area contributed by atoms with Crippen LogP contribution in [0.3, 0.4) is 0 Å². The van der Waals surface area contributed by atoms with E-state index < -0.39 is 0 Å². The number of nitrogens with one attached hydrogen (secondary N) is 1. The molecular formula is C12H14N2S. The molecule has 0 saturated heterocycles. The predicted octanol–water partition coefficient (Wildman–Crippen LogP) is 2.65. The highest BCUT2D eigenvalue weighted by molar-refractivity contribution is 7.10. The normalized spacial score (nSPS) is 12.6. The highest BCUT2D eigenvalue weighted by Gasteiger charge is 2.10. The van der Waals surface area contributed by atoms with Crippen molar-refractivity contribution in [2.45, 2.75) is 12.5 Å². The van der Waals surface area contributed by atoms with Gasteiger partial charge >= 0.3 is 0 Å². The van der Waals surface area contributed by atoms with Crippen molar-refractivity contribution in [3.05, 3.63) is 52.5 Å². The van der Waals surface area contributed by atoms with Crippen molar-refractivity contribution in [3.63, 3.8) is 0 Å². The molecule has 15 heavy (non-hydrogen) atoms. The Morgan fingerprint density at radius 3 is 2.93 bits per heavy atom. The summed E-state index contributed by atoms with van der Waals surface area (Å²) in [6.45, 7) is 0. The zero-order valence-electron chi connectivity index (χ0n) is 8.68. The fourth-order valence-electron chi connectivity index (χ4n) is 1.59. The summed E-state index contributed by atoms with van der Waals surface area (Å²) in [6, 6.07) is 8.76. The summed E-state index contributed by atoms with van der Waals surface area (Å²) < 4.78 is 0. The third-order valence-electron chi connectivity index (χ3n) is 2.40. The number of hydrogen-bond acceptors (Lipinski definition) is 3. The molecule has 1 atom stereocenters. The van der Waals surface area contributed by atoms with Crippen LogP contribution in [0.25, 0.3) is 0 Å². The molecule has 2 aromatic rings. The summed E-state index contributed by atoms with van der Waals surface area (Å²) in [5.74, 6) is 0. The van der Waals surface area contributed by atoms with Crippen molar-refractivity contribution >= 4 is 11.3 Å². The van der Waals surface area contributed by atoms with Gasteiger partial charge in [-0.05, 0) is 36.5 Å². The fraction of sp³-hybridized carbons (Fsp3) is 0.250. The molecule has 1 unspecified atom stereocenters. The van der Waals surface area contributed by atoms with E-state index in [1.807, 2.05) is 25.5 Å². The minimum absolute atomic E-state index is 0.397. The molecule has 2 rings (SSSR count). The third kappa shape index (κ3) is 2.64. The van der Waals surface area contributed by atoms with Crippen LogP contribution >= 0.6 is 11.3 Å². The highest BCUT2D eigenvalue weighted by atomic mass is 32.1. The lowest BCUT2D eigenvalue weighted by Gasteiger charge is -2.13. The van der Waals surface area contributed by atoms with E-state index in [0.29, 0.717) is 6.04 Å². The molecule has 0 aliphatic heterocycles. The van der Waals surface area contributed by atoms with Crippen LogP contribution in [-0.4, -0.2) is 12.0 Å². The van der Waals surface area contributed by atoms with Gasteiger partial charge in [0.25, 0.3) is 0 Å². The van der Waals surface area contributed by atoms with Gasteiger partial charge in [-0.3, -0.25) is 4.98 Å². The maximum absolute atomic E-state index is 4.13. The summed E-state index contributed by atoms with van der Waals surface area (Å²) in [5, 5.41) is 5.45. The van der Waals surface area contributed by atoms with Crippen LogP contribution in [0.5, 0.6) is 0 Å². The molecule has 0 radical (unpaired) electrons. The van der Waals surface area contributed by atoms with Crippen LogP contribution in [-0.2, 0) is 6.42 Å². The average Bonchev–Trinajstić information content (AvgIpc) is 2.81. The van der Waals surface area contributed by atoms with Gasteiger partial charge in [0.05, 0.1) is 0 Å². The first kappa shape index (κ1) is 10.3. The molecule has 0 aromatic carbocycles. The first-order valence-corrected chi connectivity index (χ1v) is 5.87. The van der Waals surface area contributed by atoms with Gasteiger partial charge in [0.2, 0.25) is 0 Å². The molecule has 2 heterocycles. The first-order chi connectivity index (χ1) is 7.40. The van der Waals surface area contributed by atoms with E-state index in [1.165, 1.54) is 10.4 Å². The summed E-state index contributed by atoms with van der Waals surface area (Å²) in [5.41, 5.74) is 1.27. The molecule has 0 spiro atoms. The number of hydrogen-bond donors (Lipinski definition) is 1. The fourth-order valence-corrected chi connectivity index (χ4v) is 2.43. The van der Waals surface area contributed by atoms with Crippen LogP contribution in [0, 0.1) is 0 Å². The largest absolute Gasteiger partial charge is 0.312 e. The maximum Gasteiger partial charge on any atom is 0.0453 e. The van der Waals surface area contributed by atoms with Gasteiger partial charge in [-0.2, -0.15) is 0 Å². The van der Waals surface area contributed by atoms with Gasteiger partial charge in [0.1, 0.15) is 0 Å². The second kappa shape index (κ2) is 5.05. The van der Waals surface area contributed by atoms with E-state index in [2.05, 4.69) is 33.9 Å². The topological polar surface area (TPSA) is 24.9 Å². The van der Waals surface area contributed by atoms with Crippen molar-refractivity contribution < 1.29 is 0 Å². The molecule has 1 N–H and O–H groups in total. The summed E-state index contributed by atoms with van der Waals surface area (Å²) >= 11 is 1.79. The van der Waals surface area contributed by atoms with Crippen LogP contribution in [0.4, 0.5) is 0 Å². The van der Waals surface area contributed by atoms with Crippen molar-refractivity contribution in [2.75, 3.05) is 7.05 Å². The molecule has 0 bridgehead atoms. The molecular weight excluding hydrogens is 204 g/mol. The van der Waals surface area contributed by atoms with E-state index in [9.17, 15) is 0 Å². The number of pyridine rings is 1. The lowest BCUT2D eigenvalue weighted by Crippen LogP contribution is -2.17. The van der Waals surface area contributed by atoms with Gasteiger partial charge in [0, 0.05) is 23.3 Å². The quantitative estimate of drug-likeness (QED) is 0.853. The van der Waals surface area contributed by atoms with E-state index in [4.69, 9.17) is 0 Å². The van der Waals surface area contributed by atoms with Crippen LogP contribution in [0.2, 0.25) is 0 Å². The number of nitrogens with zero attached hydrogens (tertiary/aromatic N) is 1. The lowest BCUT2D eigenvalue weighted by molar-refractivity contribution is 0.601. The molecule has 78 valence electrons. The second-order valence-corrected chi connectivity index (χ2v) is 4.40. The predicted molar refractivity (Wildman–Crippen MR) is 64.1 cm³/mol. The minimum atomic E-state index is 0.397. The third-order valence-corrected chi connectivity index (χ3v) is 3.38. The van der Waals surface area contributed by atoms with Crippen molar-refractivity contribution in [2.24, 2.45) is 0 Å². The van der Waals surface area contributed by atoms with Crippen LogP contribution in [0.1, 0.15) is 16.5 Å². The molecule has 2 nitrogen and oxygen atoms in total. The molecule has 0 amide bonds. The molecule has 2 aromatic heterocycles. The number of thiophene rings is 1. The Kier molecular flexibility index (Phi) is 3.48. The summed E-state index contributed by atoms with van der Waals surface area (Å²) in [6.07, 6.45) is 4.73. The van der Waals surface area contributed by atoms with Gasteiger partial charge in [-0.15, -0.1) is 11.3 Å². The molecule has 0 aliphatic carbocycles. The highest BCUT2D eigenvalue weighted by Crippen LogP contribution is 2.21. The van der Waals surface area contributed by atoms with E-state index in [1.54, 1.807) is 11.3 Å². The number of likely N-dealkylation sites (N-methyl/N-ethyl adjacent to an activating group) is 1. The number of rotatable bonds is 4. The molecule has 3 heteroatoms. The summed E-state index contributed by atoms with van der Waals surface area (Å²) in [4.78, 5) is 5.51. The van der Waals surface area contributed by atoms with Gasteiger partial charge in [-0.1, -0.05) is 12.1 Å². The maximum atomic E-state index is 4.13. The molecule has 0 aliphatic rings. The first-order valence-electron chi connectivity index (χ1n) is 4.99. The smallest absolute Gasteiger partial charge is 0.0453 e. The Balaban J connectivity index is 2.10. The monoisotopic (exact) mass is 218 g/mol. The van der Waals surface area contributed by atoms with Crippen LogP contribution in [0.15, 0.2) is 42.0 Å². The van der Waals surface area contributed by atoms with E-state index >= 15 is 0 Å². The summed E-state index contributed by atoms with van der Waals surface area (Å²) in [7, 11) is 2.00. The SMILES string of the molecule is CNC(Cc1cccnc1)c1cccs1. The van der Waals surface area contributed by atoms with Crippen LogP contribution < -0.4 is 5.32 Å². The average molecular weight is 218 g/mol. The van der Waals surface area contributed by atoms with Gasteiger partial charge in [0.15, 0.2) is 0 Å². The Morgan fingerprint density at radius 2 is 2.33 bits per heavy atom. The lowest BCUT2D eigenvalue weighted by atomic mass is 10.1. The Labute approximate surface area is 94.0 Å². The zero-order chi connectivity index (χ0) is 10.5. The Bertz CT molecular complexity index is 383.